The van der Waals surface area contributed by atoms with Crippen LogP contribution in [0.25, 0.3) is 0 Å². The number of nitrogens with two attached hydrogens (primary N) is 1. The van der Waals surface area contributed by atoms with E-state index in [0.717, 1.165) is 0 Å². The van der Waals surface area contributed by atoms with Crippen molar-refractivity contribution in [1.82, 2.24) is 10.6 Å². The van der Waals surface area contributed by atoms with Gasteiger partial charge in [0.25, 0.3) is 0 Å². The minimum Gasteiger partial charge on any atom is -0.380 e. The average Bonchev–Trinajstić information content (AvgIpc) is 2.30. The van der Waals surface area contributed by atoms with E-state index < -0.39 is 5.41 Å². The quantitative estimate of drug-likeness (QED) is 0.579. The summed E-state index contributed by atoms with van der Waals surface area (Å²) >= 11 is 0. The minimum absolute atomic E-state index is 0. The second-order valence-corrected chi connectivity index (χ2v) is 5.15. The maximum atomic E-state index is 11.5. The molecule has 0 aliphatic rings. The van der Waals surface area contributed by atoms with Gasteiger partial charge in [0.05, 0.1) is 12.5 Å². The van der Waals surface area contributed by atoms with Gasteiger partial charge in [-0.2, -0.15) is 0 Å². The van der Waals surface area contributed by atoms with E-state index in [2.05, 4.69) is 10.6 Å². The summed E-state index contributed by atoms with van der Waals surface area (Å²) in [5.74, 6) is -0.161. The number of nitrogens with one attached hydrogen (secondary N) is 2. The molecule has 0 saturated carbocycles. The molecule has 0 aliphatic carbocycles. The van der Waals surface area contributed by atoms with E-state index in [4.69, 9.17) is 10.5 Å². The van der Waals surface area contributed by atoms with E-state index in [1.165, 1.54) is 7.11 Å². The summed E-state index contributed by atoms with van der Waals surface area (Å²) in [6, 6.07) is 0. The lowest BCUT2D eigenvalue weighted by Gasteiger charge is -2.18. The summed E-state index contributed by atoms with van der Waals surface area (Å²) in [4.78, 5) is 23.0. The second-order valence-electron chi connectivity index (χ2n) is 5.15. The van der Waals surface area contributed by atoms with Gasteiger partial charge >= 0.3 is 0 Å². The fraction of sp³-hybridized carbons (Fsp3) is 0.833. The van der Waals surface area contributed by atoms with Crippen molar-refractivity contribution in [3.05, 3.63) is 0 Å². The molecule has 0 radical (unpaired) electrons. The van der Waals surface area contributed by atoms with E-state index in [9.17, 15) is 9.59 Å². The molecule has 1 unspecified atom stereocenters. The number of halogens is 1. The molecule has 1 atom stereocenters. The van der Waals surface area contributed by atoms with Crippen molar-refractivity contribution in [2.24, 2.45) is 11.1 Å². The van der Waals surface area contributed by atoms with Crippen molar-refractivity contribution >= 4 is 24.2 Å². The fourth-order valence-corrected chi connectivity index (χ4v) is 1.18. The molecule has 0 aromatic carbocycles. The first kappa shape index (κ1) is 20.5. The maximum absolute atomic E-state index is 11.5. The monoisotopic (exact) mass is 295 g/mol. The summed E-state index contributed by atoms with van der Waals surface area (Å²) in [5.41, 5.74) is 5.00. The van der Waals surface area contributed by atoms with Crippen molar-refractivity contribution in [1.29, 1.82) is 0 Å². The number of hydrogen-bond acceptors (Lipinski definition) is 4. The molecule has 4 N–H and O–H groups in total. The zero-order valence-corrected chi connectivity index (χ0v) is 12.9. The normalized spacial score (nSPS) is 12.3. The molecular formula is C12H26ClN3O3. The Morgan fingerprint density at radius 3 is 2.16 bits per heavy atom. The molecule has 0 aromatic rings. The van der Waals surface area contributed by atoms with Gasteiger partial charge < -0.3 is 21.1 Å². The first-order valence-corrected chi connectivity index (χ1v) is 6.09. The van der Waals surface area contributed by atoms with Crippen molar-refractivity contribution in [3.8, 4) is 0 Å². The first-order chi connectivity index (χ1) is 8.31. The van der Waals surface area contributed by atoms with Crippen LogP contribution in [-0.2, 0) is 14.3 Å². The van der Waals surface area contributed by atoms with Crippen molar-refractivity contribution in [3.63, 3.8) is 0 Å². The predicted octanol–water partition coefficient (Wildman–Crippen LogP) is 0.0505. The largest absolute Gasteiger partial charge is 0.380 e. The molecule has 0 aromatic heterocycles. The standard InChI is InChI=1S/C12H25N3O3.ClH/c1-12(2,3)11(17)15-6-5-14-10(16)7-9(8-13)18-4;/h9H,5-8,13H2,1-4H3,(H,14,16)(H,15,17);1H. The molecule has 0 fully saturated rings. The van der Waals surface area contributed by atoms with Crippen LogP contribution < -0.4 is 16.4 Å². The number of hydrogen-bond donors (Lipinski definition) is 3. The zero-order valence-electron chi connectivity index (χ0n) is 12.1. The van der Waals surface area contributed by atoms with Gasteiger partial charge in [0.15, 0.2) is 0 Å². The zero-order chi connectivity index (χ0) is 14.2. The SMILES string of the molecule is COC(CN)CC(=O)NCCNC(=O)C(C)(C)C.Cl. The molecule has 19 heavy (non-hydrogen) atoms. The van der Waals surface area contributed by atoms with Gasteiger partial charge in [-0.25, -0.2) is 0 Å². The highest BCUT2D eigenvalue weighted by atomic mass is 35.5. The second kappa shape index (κ2) is 10.00. The highest BCUT2D eigenvalue weighted by Gasteiger charge is 2.20. The van der Waals surface area contributed by atoms with E-state index in [0.29, 0.717) is 19.6 Å². The van der Waals surface area contributed by atoms with Crippen LogP contribution in [0.5, 0.6) is 0 Å². The Bertz CT molecular complexity index is 276. The van der Waals surface area contributed by atoms with Gasteiger partial charge in [0.1, 0.15) is 0 Å². The Labute approximate surface area is 121 Å². The molecule has 0 aliphatic heterocycles. The van der Waals surface area contributed by atoms with Gasteiger partial charge in [-0.05, 0) is 0 Å². The molecule has 0 heterocycles. The third-order valence-corrected chi connectivity index (χ3v) is 2.42. The number of carbonyl (C=O) groups excluding carboxylic acids is 2. The van der Waals surface area contributed by atoms with Gasteiger partial charge in [-0.15, -0.1) is 12.4 Å². The van der Waals surface area contributed by atoms with E-state index >= 15 is 0 Å². The van der Waals surface area contributed by atoms with Crippen LogP contribution in [0, 0.1) is 5.41 Å². The highest BCUT2D eigenvalue weighted by Crippen LogP contribution is 2.11. The Hall–Kier alpha value is -0.850. The van der Waals surface area contributed by atoms with E-state index in [1.54, 1.807) is 0 Å². The Morgan fingerprint density at radius 1 is 1.21 bits per heavy atom. The third kappa shape index (κ3) is 9.69. The molecule has 2 amide bonds. The lowest BCUT2D eigenvalue weighted by molar-refractivity contribution is -0.129. The smallest absolute Gasteiger partial charge is 0.225 e. The topological polar surface area (TPSA) is 93.4 Å². The number of ether oxygens (including phenoxy) is 1. The van der Waals surface area contributed by atoms with E-state index in [-0.39, 0.29) is 36.7 Å². The molecule has 6 nitrogen and oxygen atoms in total. The lowest BCUT2D eigenvalue weighted by Crippen LogP contribution is -2.40. The lowest BCUT2D eigenvalue weighted by atomic mass is 9.96. The first-order valence-electron chi connectivity index (χ1n) is 6.09. The molecule has 114 valence electrons. The third-order valence-electron chi connectivity index (χ3n) is 2.42. The molecule has 7 heteroatoms. The summed E-state index contributed by atoms with van der Waals surface area (Å²) in [7, 11) is 1.52. The van der Waals surface area contributed by atoms with Gasteiger partial charge in [0, 0.05) is 32.2 Å². The molecule has 0 bridgehead atoms. The summed E-state index contributed by atoms with van der Waals surface area (Å²) in [6.07, 6.45) is -0.0191. The number of rotatable bonds is 7. The molecule has 0 saturated heterocycles. The van der Waals surface area contributed by atoms with Crippen LogP contribution >= 0.6 is 12.4 Å². The Morgan fingerprint density at radius 2 is 1.74 bits per heavy atom. The maximum Gasteiger partial charge on any atom is 0.225 e. The van der Waals surface area contributed by atoms with Gasteiger partial charge in [-0.1, -0.05) is 20.8 Å². The van der Waals surface area contributed by atoms with Crippen LogP contribution in [0.3, 0.4) is 0 Å². The molecular weight excluding hydrogens is 270 g/mol. The molecule has 0 rings (SSSR count). The van der Waals surface area contributed by atoms with Crippen LogP contribution in [0.15, 0.2) is 0 Å². The minimum atomic E-state index is -0.412. The van der Waals surface area contributed by atoms with Gasteiger partial charge in [-0.3, -0.25) is 9.59 Å². The molecule has 0 spiro atoms. The van der Waals surface area contributed by atoms with Crippen molar-refractivity contribution in [2.45, 2.75) is 33.3 Å². The van der Waals surface area contributed by atoms with Crippen LogP contribution in [0.1, 0.15) is 27.2 Å². The Balaban J connectivity index is 0. The van der Waals surface area contributed by atoms with E-state index in [1.807, 2.05) is 20.8 Å². The van der Waals surface area contributed by atoms with Crippen molar-refractivity contribution < 1.29 is 14.3 Å². The average molecular weight is 296 g/mol. The van der Waals surface area contributed by atoms with Crippen LogP contribution in [-0.4, -0.2) is 44.7 Å². The fourth-order valence-electron chi connectivity index (χ4n) is 1.18. The number of methoxy groups -OCH3 is 1. The van der Waals surface area contributed by atoms with Crippen LogP contribution in [0.2, 0.25) is 0 Å². The summed E-state index contributed by atoms with van der Waals surface area (Å²) in [5, 5.41) is 5.45. The van der Waals surface area contributed by atoms with Crippen LogP contribution in [0.4, 0.5) is 0 Å². The Kier molecular flexibility index (Phi) is 10.8. The predicted molar refractivity (Wildman–Crippen MR) is 77.2 cm³/mol. The summed E-state index contributed by atoms with van der Waals surface area (Å²) in [6.45, 7) is 6.65. The summed E-state index contributed by atoms with van der Waals surface area (Å²) < 4.78 is 5.00. The number of amides is 2. The highest BCUT2D eigenvalue weighted by molar-refractivity contribution is 5.85. The van der Waals surface area contributed by atoms with Crippen molar-refractivity contribution in [2.75, 3.05) is 26.7 Å². The van der Waals surface area contributed by atoms with Gasteiger partial charge in [0.2, 0.25) is 11.8 Å². The number of carbonyl (C=O) groups is 2.